The Bertz CT molecular complexity index is 795. The molecule has 0 saturated carbocycles. The number of carboxylic acid groups (broad SMARTS) is 1. The maximum absolute atomic E-state index is 13.1. The van der Waals surface area contributed by atoms with Gasteiger partial charge in [0.2, 0.25) is 5.91 Å². The molecule has 138 valence electrons. The van der Waals surface area contributed by atoms with Gasteiger partial charge < -0.3 is 10.0 Å². The molecule has 26 heavy (non-hydrogen) atoms. The van der Waals surface area contributed by atoms with E-state index in [1.807, 2.05) is 12.1 Å². The number of nitrogens with one attached hydrogen (secondary N) is 1. The zero-order valence-electron chi connectivity index (χ0n) is 14.6. The summed E-state index contributed by atoms with van der Waals surface area (Å²) in [6.07, 6.45) is 1.89. The van der Waals surface area contributed by atoms with Gasteiger partial charge in [-0.15, -0.1) is 0 Å². The molecule has 2 heterocycles. The van der Waals surface area contributed by atoms with Gasteiger partial charge in [0.15, 0.2) is 0 Å². The van der Waals surface area contributed by atoms with Crippen molar-refractivity contribution in [3.8, 4) is 0 Å². The van der Waals surface area contributed by atoms with Crippen LogP contribution in [-0.4, -0.2) is 57.1 Å². The van der Waals surface area contributed by atoms with Crippen molar-refractivity contribution in [1.29, 1.82) is 0 Å². The highest BCUT2D eigenvalue weighted by atomic mass is 35.5. The summed E-state index contributed by atoms with van der Waals surface area (Å²) < 4.78 is 0. The fraction of sp³-hybridized carbons (Fsp3) is 0.389. The summed E-state index contributed by atoms with van der Waals surface area (Å²) in [5.74, 6) is -1.49. The predicted molar refractivity (Wildman–Crippen MR) is 96.5 cm³/mol. The molecular weight excluding hydrogens is 356 g/mol. The van der Waals surface area contributed by atoms with Crippen molar-refractivity contribution in [2.24, 2.45) is 5.92 Å². The van der Waals surface area contributed by atoms with E-state index in [9.17, 15) is 14.7 Å². The molecule has 8 heteroatoms. The fourth-order valence-electron chi connectivity index (χ4n) is 3.67. The summed E-state index contributed by atoms with van der Waals surface area (Å²) >= 11 is 6.11. The standard InChI is InChI=1S/C18H21ClN4O3/c1-22(10-13-6-7-20-21-13)17(24)14-9-15(18(25)26)23(2)16(14)11-4-3-5-12(19)8-11/h3-8,14-16H,9-10H2,1-2H3,(H,20,21)(H,25,26)/t14-,15-,16-/m0/s1. The van der Waals surface area contributed by atoms with Crippen LogP contribution in [0.15, 0.2) is 36.5 Å². The molecule has 0 unspecified atom stereocenters. The van der Waals surface area contributed by atoms with E-state index >= 15 is 0 Å². The van der Waals surface area contributed by atoms with Crippen LogP contribution in [0.3, 0.4) is 0 Å². The number of likely N-dealkylation sites (tertiary alicyclic amines) is 1. The highest BCUT2D eigenvalue weighted by Crippen LogP contribution is 2.41. The molecule has 2 aromatic rings. The third-order valence-electron chi connectivity index (χ3n) is 4.92. The van der Waals surface area contributed by atoms with Gasteiger partial charge in [0, 0.05) is 24.3 Å². The van der Waals surface area contributed by atoms with Crippen molar-refractivity contribution in [2.75, 3.05) is 14.1 Å². The van der Waals surface area contributed by atoms with E-state index in [0.29, 0.717) is 11.6 Å². The number of carboxylic acids is 1. The molecule has 1 fully saturated rings. The van der Waals surface area contributed by atoms with Crippen molar-refractivity contribution in [3.63, 3.8) is 0 Å². The molecule has 7 nitrogen and oxygen atoms in total. The first-order valence-corrected chi connectivity index (χ1v) is 8.69. The Kier molecular flexibility index (Phi) is 5.29. The summed E-state index contributed by atoms with van der Waals surface area (Å²) in [6, 6.07) is 8.00. The summed E-state index contributed by atoms with van der Waals surface area (Å²) in [7, 11) is 3.46. The van der Waals surface area contributed by atoms with Gasteiger partial charge in [0.1, 0.15) is 6.04 Å². The molecule has 0 bridgehead atoms. The molecule has 1 aliphatic rings. The van der Waals surface area contributed by atoms with E-state index in [4.69, 9.17) is 11.6 Å². The Labute approximate surface area is 156 Å². The lowest BCUT2D eigenvalue weighted by atomic mass is 9.92. The number of carbonyl (C=O) groups excluding carboxylic acids is 1. The van der Waals surface area contributed by atoms with Crippen LogP contribution in [0.25, 0.3) is 0 Å². The Morgan fingerprint density at radius 3 is 2.81 bits per heavy atom. The lowest BCUT2D eigenvalue weighted by Gasteiger charge is -2.28. The summed E-state index contributed by atoms with van der Waals surface area (Å²) in [5.41, 5.74) is 1.67. The molecule has 3 atom stereocenters. The lowest BCUT2D eigenvalue weighted by molar-refractivity contribution is -0.142. The number of hydrogen-bond donors (Lipinski definition) is 2. The largest absolute Gasteiger partial charge is 0.480 e. The van der Waals surface area contributed by atoms with Gasteiger partial charge in [0.05, 0.1) is 18.2 Å². The molecule has 0 spiro atoms. The van der Waals surface area contributed by atoms with Gasteiger partial charge >= 0.3 is 5.97 Å². The molecule has 0 radical (unpaired) electrons. The molecule has 2 N–H and O–H groups in total. The molecule has 1 aliphatic heterocycles. The number of carbonyl (C=O) groups is 2. The van der Waals surface area contributed by atoms with Gasteiger partial charge in [-0.05, 0) is 37.2 Å². The topological polar surface area (TPSA) is 89.5 Å². The van der Waals surface area contributed by atoms with Crippen LogP contribution in [0.2, 0.25) is 5.02 Å². The third-order valence-corrected chi connectivity index (χ3v) is 5.16. The van der Waals surface area contributed by atoms with Crippen LogP contribution < -0.4 is 0 Å². The normalized spacial score (nSPS) is 23.1. The monoisotopic (exact) mass is 376 g/mol. The smallest absolute Gasteiger partial charge is 0.320 e. The maximum atomic E-state index is 13.1. The number of halogens is 1. The first kappa shape index (κ1) is 18.4. The van der Waals surface area contributed by atoms with Crippen LogP contribution in [0.4, 0.5) is 0 Å². The number of H-pyrrole nitrogens is 1. The highest BCUT2D eigenvalue weighted by Gasteiger charge is 2.47. The van der Waals surface area contributed by atoms with Gasteiger partial charge in [0.25, 0.3) is 0 Å². The summed E-state index contributed by atoms with van der Waals surface area (Å²) in [6.45, 7) is 0.388. The number of nitrogens with zero attached hydrogens (tertiary/aromatic N) is 3. The van der Waals surface area contributed by atoms with Gasteiger partial charge in [-0.3, -0.25) is 19.6 Å². The quantitative estimate of drug-likeness (QED) is 0.834. The van der Waals surface area contributed by atoms with E-state index < -0.39 is 17.9 Å². The van der Waals surface area contributed by atoms with E-state index in [0.717, 1.165) is 11.3 Å². The van der Waals surface area contributed by atoms with Gasteiger partial charge in [-0.25, -0.2) is 0 Å². The molecule has 1 saturated heterocycles. The third kappa shape index (κ3) is 3.59. The van der Waals surface area contributed by atoms with Crippen LogP contribution >= 0.6 is 11.6 Å². The maximum Gasteiger partial charge on any atom is 0.320 e. The first-order valence-electron chi connectivity index (χ1n) is 8.32. The zero-order chi connectivity index (χ0) is 18.8. The van der Waals surface area contributed by atoms with Gasteiger partial charge in [-0.1, -0.05) is 23.7 Å². The van der Waals surface area contributed by atoms with E-state index in [-0.39, 0.29) is 18.4 Å². The van der Waals surface area contributed by atoms with Crippen LogP contribution in [0, 0.1) is 5.92 Å². The van der Waals surface area contributed by atoms with Crippen LogP contribution in [0.1, 0.15) is 23.7 Å². The fourth-order valence-corrected chi connectivity index (χ4v) is 3.87. The number of likely N-dealkylation sites (N-methyl/N-ethyl adjacent to an activating group) is 1. The summed E-state index contributed by atoms with van der Waals surface area (Å²) in [4.78, 5) is 28.1. The van der Waals surface area contributed by atoms with Crippen molar-refractivity contribution < 1.29 is 14.7 Å². The Balaban J connectivity index is 1.88. The van der Waals surface area contributed by atoms with Crippen molar-refractivity contribution in [1.82, 2.24) is 20.0 Å². The minimum Gasteiger partial charge on any atom is -0.480 e. The second-order valence-electron chi connectivity index (χ2n) is 6.64. The Morgan fingerprint density at radius 1 is 1.42 bits per heavy atom. The average molecular weight is 377 g/mol. The molecule has 0 aliphatic carbocycles. The minimum atomic E-state index is -0.925. The Morgan fingerprint density at radius 2 is 2.19 bits per heavy atom. The second-order valence-corrected chi connectivity index (χ2v) is 7.07. The van der Waals surface area contributed by atoms with Crippen molar-refractivity contribution in [3.05, 3.63) is 52.8 Å². The highest BCUT2D eigenvalue weighted by molar-refractivity contribution is 6.30. The number of aromatic nitrogens is 2. The molecule has 1 amide bonds. The minimum absolute atomic E-state index is 0.0971. The lowest BCUT2D eigenvalue weighted by Crippen LogP contribution is -2.36. The van der Waals surface area contributed by atoms with Gasteiger partial charge in [-0.2, -0.15) is 5.10 Å². The number of amides is 1. The average Bonchev–Trinajstić information content (AvgIpc) is 3.21. The molecule has 3 rings (SSSR count). The number of aromatic amines is 1. The SMILES string of the molecule is CN(Cc1ccn[nH]1)C(=O)[C@H]1C[C@@H](C(=O)O)N(C)[C@H]1c1cccc(Cl)c1. The predicted octanol–water partition coefficient (Wildman–Crippen LogP) is 2.17. The number of rotatable bonds is 5. The number of hydrogen-bond acceptors (Lipinski definition) is 4. The molecule has 1 aromatic heterocycles. The number of aliphatic carboxylic acids is 1. The first-order chi connectivity index (χ1) is 12.4. The molecule has 1 aromatic carbocycles. The van der Waals surface area contributed by atoms with E-state index in [1.54, 1.807) is 48.3 Å². The summed E-state index contributed by atoms with van der Waals surface area (Å²) in [5, 5.41) is 16.8. The molecular formula is C18H21ClN4O3. The van der Waals surface area contributed by atoms with Crippen LogP contribution in [-0.2, 0) is 16.1 Å². The Hall–Kier alpha value is -2.38. The van der Waals surface area contributed by atoms with E-state index in [2.05, 4.69) is 10.2 Å². The van der Waals surface area contributed by atoms with Crippen LogP contribution in [0.5, 0.6) is 0 Å². The van der Waals surface area contributed by atoms with Crippen molar-refractivity contribution in [2.45, 2.75) is 25.0 Å². The zero-order valence-corrected chi connectivity index (χ0v) is 15.3. The number of benzene rings is 1. The van der Waals surface area contributed by atoms with Crippen molar-refractivity contribution >= 4 is 23.5 Å². The van der Waals surface area contributed by atoms with E-state index in [1.165, 1.54) is 0 Å². The second kappa shape index (κ2) is 7.47.